The lowest BCUT2D eigenvalue weighted by molar-refractivity contribution is -0.137. The van der Waals surface area contributed by atoms with Crippen LogP contribution in [0.15, 0.2) is 60.7 Å². The molecule has 0 aliphatic carbocycles. The van der Waals surface area contributed by atoms with Crippen molar-refractivity contribution in [2.45, 2.75) is 18.6 Å². The maximum Gasteiger partial charge on any atom is 0.317 e. The molecule has 0 aliphatic heterocycles. The average molecular weight is 391 g/mol. The van der Waals surface area contributed by atoms with Gasteiger partial charge in [-0.05, 0) is 32.6 Å². The van der Waals surface area contributed by atoms with Gasteiger partial charge in [0.25, 0.3) is 0 Å². The van der Waals surface area contributed by atoms with Crippen molar-refractivity contribution < 1.29 is 9.90 Å². The second-order valence-electron chi connectivity index (χ2n) is 6.27. The van der Waals surface area contributed by atoms with Crippen molar-refractivity contribution >= 4 is 25.1 Å². The van der Waals surface area contributed by atoms with Crippen LogP contribution in [-0.4, -0.2) is 47.0 Å². The molecule has 0 spiro atoms. The Morgan fingerprint density at radius 3 is 1.77 bits per heavy atom. The Kier molecular flexibility index (Phi) is 7.94. The molecular formula is C19H26N3O2PS. The van der Waals surface area contributed by atoms with E-state index in [4.69, 9.17) is 11.8 Å². The first kappa shape index (κ1) is 20.7. The Balaban J connectivity index is 2.26. The fourth-order valence-corrected chi connectivity index (χ4v) is 5.00. The SMILES string of the molecule is CN(Cc1ccccc1)C(NCC(=O)O)([PH2]=S)N(C)Cc1ccccc1. The molecule has 26 heavy (non-hydrogen) atoms. The normalized spacial score (nSPS) is 12.3. The van der Waals surface area contributed by atoms with E-state index in [0.717, 1.165) is 11.1 Å². The smallest absolute Gasteiger partial charge is 0.317 e. The van der Waals surface area contributed by atoms with Gasteiger partial charge in [0.1, 0.15) is 0 Å². The Hall–Kier alpha value is -1.56. The third-order valence-corrected chi connectivity index (χ3v) is 6.75. The summed E-state index contributed by atoms with van der Waals surface area (Å²) in [5.74, 6) is -0.890. The molecule has 0 radical (unpaired) electrons. The summed E-state index contributed by atoms with van der Waals surface area (Å²) >= 11 is 5.57. The summed E-state index contributed by atoms with van der Waals surface area (Å²) in [4.78, 5) is 15.4. The molecule has 2 N–H and O–H groups in total. The number of carbonyl (C=O) groups is 1. The molecule has 0 fully saturated rings. The number of nitrogens with zero attached hydrogens (tertiary/aromatic N) is 2. The number of carboxylic acid groups (broad SMARTS) is 1. The lowest BCUT2D eigenvalue weighted by Crippen LogP contribution is -2.63. The minimum atomic E-state index is -0.890. The average Bonchev–Trinajstić information content (AvgIpc) is 2.64. The van der Waals surface area contributed by atoms with Crippen LogP contribution < -0.4 is 5.32 Å². The lowest BCUT2D eigenvalue weighted by atomic mass is 10.2. The molecule has 140 valence electrons. The first-order chi connectivity index (χ1) is 12.5. The van der Waals surface area contributed by atoms with Crippen LogP contribution >= 0.6 is 7.36 Å². The first-order valence-electron chi connectivity index (χ1n) is 8.41. The zero-order valence-corrected chi connectivity index (χ0v) is 17.1. The summed E-state index contributed by atoms with van der Waals surface area (Å²) in [6.45, 7) is 1.22. The monoisotopic (exact) mass is 391 g/mol. The minimum absolute atomic E-state index is 0.137. The first-order valence-corrected chi connectivity index (χ1v) is 10.9. The molecule has 2 rings (SSSR count). The molecule has 0 amide bonds. The van der Waals surface area contributed by atoms with Crippen LogP contribution in [-0.2, 0) is 29.7 Å². The van der Waals surface area contributed by atoms with E-state index >= 15 is 0 Å². The number of carboxylic acids is 1. The van der Waals surface area contributed by atoms with E-state index in [-0.39, 0.29) is 6.54 Å². The van der Waals surface area contributed by atoms with Crippen LogP contribution in [0, 0.1) is 0 Å². The molecule has 2 aromatic carbocycles. The van der Waals surface area contributed by atoms with Gasteiger partial charge in [-0.3, -0.25) is 19.9 Å². The van der Waals surface area contributed by atoms with Crippen molar-refractivity contribution in [2.24, 2.45) is 0 Å². The molecule has 0 heterocycles. The van der Waals surface area contributed by atoms with Gasteiger partial charge in [0.2, 0.25) is 0 Å². The Morgan fingerprint density at radius 2 is 1.42 bits per heavy atom. The zero-order valence-electron chi connectivity index (χ0n) is 15.1. The van der Waals surface area contributed by atoms with Crippen LogP contribution in [0.3, 0.4) is 0 Å². The third-order valence-electron chi connectivity index (χ3n) is 4.35. The standard InChI is InChI=1S/C19H26N3O2PS/c1-21(14-16-9-5-3-6-10-16)19(25-26,20-13-18(23)24)22(2)15-17-11-7-4-8-12-17/h3-12,20H,13-15,25H2,1-2H3,(H,23,24). The van der Waals surface area contributed by atoms with E-state index in [1.165, 1.54) is 0 Å². The molecule has 1 atom stereocenters. The summed E-state index contributed by atoms with van der Waals surface area (Å²) in [6.07, 6.45) is 0. The van der Waals surface area contributed by atoms with Crippen molar-refractivity contribution in [3.8, 4) is 0 Å². The molecule has 1 unspecified atom stereocenters. The van der Waals surface area contributed by atoms with Gasteiger partial charge >= 0.3 is 5.97 Å². The van der Waals surface area contributed by atoms with Crippen LogP contribution in [0.4, 0.5) is 0 Å². The molecule has 0 bridgehead atoms. The second kappa shape index (κ2) is 9.95. The number of aliphatic carboxylic acids is 1. The van der Waals surface area contributed by atoms with E-state index < -0.39 is 18.9 Å². The molecule has 0 saturated heterocycles. The highest BCUT2D eigenvalue weighted by molar-refractivity contribution is 7.97. The van der Waals surface area contributed by atoms with Crippen LogP contribution in [0.2, 0.25) is 0 Å². The number of hydrogen-bond donors (Lipinski definition) is 2. The molecule has 2 aromatic rings. The quantitative estimate of drug-likeness (QED) is 0.479. The van der Waals surface area contributed by atoms with Gasteiger partial charge in [-0.1, -0.05) is 72.5 Å². The highest BCUT2D eigenvalue weighted by atomic mass is 32.4. The molecule has 0 aromatic heterocycles. The van der Waals surface area contributed by atoms with Gasteiger partial charge < -0.3 is 5.11 Å². The van der Waals surface area contributed by atoms with Crippen molar-refractivity contribution in [1.82, 2.24) is 15.1 Å². The highest BCUT2D eigenvalue weighted by Gasteiger charge is 2.36. The van der Waals surface area contributed by atoms with Crippen LogP contribution in [0.5, 0.6) is 0 Å². The van der Waals surface area contributed by atoms with E-state index in [1.54, 1.807) is 0 Å². The number of nitrogens with one attached hydrogen (secondary N) is 1. The van der Waals surface area contributed by atoms with E-state index in [9.17, 15) is 9.90 Å². The molecule has 7 heteroatoms. The Labute approximate surface area is 161 Å². The fourth-order valence-electron chi connectivity index (χ4n) is 2.94. The Morgan fingerprint density at radius 1 is 1.00 bits per heavy atom. The van der Waals surface area contributed by atoms with Crippen molar-refractivity contribution in [3.05, 3.63) is 71.8 Å². The van der Waals surface area contributed by atoms with Gasteiger partial charge in [-0.25, -0.2) is 0 Å². The Bertz CT molecular complexity index is 668. The van der Waals surface area contributed by atoms with Crippen LogP contribution in [0.25, 0.3) is 0 Å². The number of benzene rings is 2. The topological polar surface area (TPSA) is 55.8 Å². The summed E-state index contributed by atoms with van der Waals surface area (Å²) in [6, 6.07) is 20.2. The van der Waals surface area contributed by atoms with Gasteiger partial charge in [-0.2, -0.15) is 0 Å². The predicted octanol–water partition coefficient (Wildman–Crippen LogP) is 2.41. The minimum Gasteiger partial charge on any atom is -0.480 e. The van der Waals surface area contributed by atoms with E-state index in [1.807, 2.05) is 50.5 Å². The van der Waals surface area contributed by atoms with Gasteiger partial charge in [0.15, 0.2) is 5.53 Å². The van der Waals surface area contributed by atoms with Gasteiger partial charge in [0.05, 0.1) is 6.54 Å². The van der Waals surface area contributed by atoms with Crippen molar-refractivity contribution in [2.75, 3.05) is 20.6 Å². The lowest BCUT2D eigenvalue weighted by Gasteiger charge is -2.46. The largest absolute Gasteiger partial charge is 0.480 e. The summed E-state index contributed by atoms with van der Waals surface area (Å²) in [7, 11) is 3.46. The summed E-state index contributed by atoms with van der Waals surface area (Å²) in [5.41, 5.74) is 1.65. The molecule has 5 nitrogen and oxygen atoms in total. The van der Waals surface area contributed by atoms with Crippen LogP contribution in [0.1, 0.15) is 11.1 Å². The molecular weight excluding hydrogens is 365 g/mol. The van der Waals surface area contributed by atoms with E-state index in [0.29, 0.717) is 13.1 Å². The van der Waals surface area contributed by atoms with Crippen molar-refractivity contribution in [3.63, 3.8) is 0 Å². The zero-order chi connectivity index (χ0) is 19.0. The van der Waals surface area contributed by atoms with E-state index in [2.05, 4.69) is 39.4 Å². The summed E-state index contributed by atoms with van der Waals surface area (Å²) < 4.78 is 0. The van der Waals surface area contributed by atoms with Gasteiger partial charge in [-0.15, -0.1) is 0 Å². The number of rotatable bonds is 10. The molecule has 0 saturated carbocycles. The third kappa shape index (κ3) is 5.47. The maximum atomic E-state index is 11.2. The second-order valence-corrected chi connectivity index (χ2v) is 8.02. The van der Waals surface area contributed by atoms with Crippen molar-refractivity contribution in [1.29, 1.82) is 0 Å². The highest BCUT2D eigenvalue weighted by Crippen LogP contribution is 2.30. The summed E-state index contributed by atoms with van der Waals surface area (Å²) in [5, 5.41) is 12.4. The molecule has 0 aliphatic rings. The predicted molar refractivity (Wildman–Crippen MR) is 111 cm³/mol. The maximum absolute atomic E-state index is 11.2. The van der Waals surface area contributed by atoms with Gasteiger partial charge in [0, 0.05) is 13.1 Å². The number of hydrogen-bond acceptors (Lipinski definition) is 5. The fraction of sp³-hybridized carbons (Fsp3) is 0.316.